The van der Waals surface area contributed by atoms with Crippen molar-refractivity contribution in [2.45, 2.75) is 111 Å². The quantitative estimate of drug-likeness (QED) is 0.163. The fourth-order valence-electron chi connectivity index (χ4n) is 7.14. The van der Waals surface area contributed by atoms with E-state index >= 15 is 0 Å². The van der Waals surface area contributed by atoms with Crippen LogP contribution in [0.15, 0.2) is 133 Å². The van der Waals surface area contributed by atoms with E-state index in [0.717, 1.165) is 6.42 Å². The second-order valence-electron chi connectivity index (χ2n) is 19.3. The fourth-order valence-corrected chi connectivity index (χ4v) is 7.14. The standard InChI is InChI=1S/C53H60/c1-50(2,3)46-21-13-38(14-22-46)42-30-36(31-43(34-42)39-15-23-47(24-16-39)51(4,5)6)29-37-32-44(40-17-25-48(26-18-40)52(7,8)9)35-45(33-37)41-19-27-49(28-20-41)53(10,11)12/h13-28,30-35H,29H2,1-12H3. The molecular formula is C53H60. The maximum atomic E-state index is 2.40. The Bertz CT molecular complexity index is 1850. The van der Waals surface area contributed by atoms with Crippen LogP contribution in [-0.4, -0.2) is 0 Å². The average Bonchev–Trinajstić information content (AvgIpc) is 3.10. The molecule has 0 aliphatic rings. The summed E-state index contributed by atoms with van der Waals surface area (Å²) >= 11 is 0. The third-order valence-corrected chi connectivity index (χ3v) is 10.7. The molecule has 53 heavy (non-hydrogen) atoms. The Hall–Kier alpha value is -4.68. The summed E-state index contributed by atoms with van der Waals surface area (Å²) < 4.78 is 0. The van der Waals surface area contributed by atoms with Gasteiger partial charge in [-0.1, -0.05) is 204 Å². The van der Waals surface area contributed by atoms with E-state index in [9.17, 15) is 0 Å². The highest BCUT2D eigenvalue weighted by Crippen LogP contribution is 2.36. The van der Waals surface area contributed by atoms with Gasteiger partial charge in [0, 0.05) is 0 Å². The van der Waals surface area contributed by atoms with Gasteiger partial charge in [-0.15, -0.1) is 0 Å². The van der Waals surface area contributed by atoms with E-state index < -0.39 is 0 Å². The summed E-state index contributed by atoms with van der Waals surface area (Å²) in [6.07, 6.45) is 0.835. The van der Waals surface area contributed by atoms with Crippen LogP contribution >= 0.6 is 0 Å². The van der Waals surface area contributed by atoms with Gasteiger partial charge in [-0.05, 0) is 118 Å². The van der Waals surface area contributed by atoms with Gasteiger partial charge in [0.1, 0.15) is 0 Å². The van der Waals surface area contributed by atoms with E-state index in [1.165, 1.54) is 77.9 Å². The van der Waals surface area contributed by atoms with Gasteiger partial charge in [-0.2, -0.15) is 0 Å². The molecule has 0 heterocycles. The van der Waals surface area contributed by atoms with Crippen molar-refractivity contribution < 1.29 is 0 Å². The highest BCUT2D eigenvalue weighted by Gasteiger charge is 2.18. The lowest BCUT2D eigenvalue weighted by Gasteiger charge is -2.20. The zero-order valence-corrected chi connectivity index (χ0v) is 34.4. The maximum absolute atomic E-state index is 2.40. The molecule has 0 heteroatoms. The predicted octanol–water partition coefficient (Wildman–Crippen LogP) is 15.1. The number of rotatable bonds is 6. The van der Waals surface area contributed by atoms with Crippen molar-refractivity contribution in [2.24, 2.45) is 0 Å². The minimum atomic E-state index is 0.114. The first-order chi connectivity index (χ1) is 24.7. The molecule has 6 aromatic carbocycles. The zero-order valence-electron chi connectivity index (χ0n) is 34.4. The predicted molar refractivity (Wildman–Crippen MR) is 232 cm³/mol. The highest BCUT2D eigenvalue weighted by atomic mass is 14.2. The molecule has 0 unspecified atom stereocenters. The van der Waals surface area contributed by atoms with Crippen molar-refractivity contribution in [3.05, 3.63) is 167 Å². The van der Waals surface area contributed by atoms with Gasteiger partial charge >= 0.3 is 0 Å². The molecule has 0 spiro atoms. The van der Waals surface area contributed by atoms with Gasteiger partial charge in [-0.25, -0.2) is 0 Å². The minimum absolute atomic E-state index is 0.114. The Morgan fingerprint density at radius 1 is 0.245 bits per heavy atom. The van der Waals surface area contributed by atoms with Gasteiger partial charge in [0.25, 0.3) is 0 Å². The maximum Gasteiger partial charge on any atom is -0.00249 e. The lowest BCUT2D eigenvalue weighted by molar-refractivity contribution is 0.590. The zero-order chi connectivity index (χ0) is 38.3. The Labute approximate surface area is 321 Å². The van der Waals surface area contributed by atoms with Crippen LogP contribution < -0.4 is 0 Å². The van der Waals surface area contributed by atoms with Crippen molar-refractivity contribution in [1.82, 2.24) is 0 Å². The molecule has 0 aliphatic heterocycles. The summed E-state index contributed by atoms with van der Waals surface area (Å²) in [4.78, 5) is 0. The normalized spacial score (nSPS) is 12.6. The summed E-state index contributed by atoms with van der Waals surface area (Å²) in [7, 11) is 0. The van der Waals surface area contributed by atoms with Crippen molar-refractivity contribution in [1.29, 1.82) is 0 Å². The van der Waals surface area contributed by atoms with Gasteiger partial charge in [0.2, 0.25) is 0 Å². The van der Waals surface area contributed by atoms with Crippen LogP contribution in [0.1, 0.15) is 116 Å². The highest BCUT2D eigenvalue weighted by molar-refractivity contribution is 5.77. The molecule has 0 N–H and O–H groups in total. The molecule has 0 saturated carbocycles. The Balaban J connectivity index is 1.46. The summed E-state index contributed by atoms with van der Waals surface area (Å²) in [5.41, 5.74) is 18.5. The molecule has 272 valence electrons. The molecule has 0 radical (unpaired) electrons. The van der Waals surface area contributed by atoms with Crippen molar-refractivity contribution >= 4 is 0 Å². The molecular weight excluding hydrogens is 637 g/mol. The van der Waals surface area contributed by atoms with Crippen LogP contribution in [0.3, 0.4) is 0 Å². The summed E-state index contributed by atoms with van der Waals surface area (Å²) in [5.74, 6) is 0. The third-order valence-electron chi connectivity index (χ3n) is 10.7. The van der Waals surface area contributed by atoms with E-state index in [-0.39, 0.29) is 21.7 Å². The Morgan fingerprint density at radius 2 is 0.434 bits per heavy atom. The van der Waals surface area contributed by atoms with Gasteiger partial charge in [0.15, 0.2) is 0 Å². The third kappa shape index (κ3) is 9.10. The molecule has 0 aromatic heterocycles. The number of hydrogen-bond acceptors (Lipinski definition) is 0. The molecule has 6 aromatic rings. The Kier molecular flexibility index (Phi) is 10.3. The van der Waals surface area contributed by atoms with E-state index in [4.69, 9.17) is 0 Å². The van der Waals surface area contributed by atoms with Crippen LogP contribution in [0, 0.1) is 0 Å². The first-order valence-electron chi connectivity index (χ1n) is 19.5. The summed E-state index contributed by atoms with van der Waals surface area (Å²) in [5, 5.41) is 0. The van der Waals surface area contributed by atoms with E-state index in [1.807, 2.05) is 0 Å². The molecule has 0 nitrogen and oxygen atoms in total. The van der Waals surface area contributed by atoms with E-state index in [1.54, 1.807) is 0 Å². The molecule has 6 rings (SSSR count). The van der Waals surface area contributed by atoms with Crippen molar-refractivity contribution in [3.8, 4) is 44.5 Å². The van der Waals surface area contributed by atoms with E-state index in [2.05, 4.69) is 217 Å². The smallest absolute Gasteiger partial charge is 0.00249 e. The first-order valence-corrected chi connectivity index (χ1v) is 19.5. The second kappa shape index (κ2) is 14.3. The lowest BCUT2D eigenvalue weighted by Crippen LogP contribution is -2.10. The molecule has 0 fully saturated rings. The van der Waals surface area contributed by atoms with Crippen LogP contribution in [0.25, 0.3) is 44.5 Å². The number of benzene rings is 6. The van der Waals surface area contributed by atoms with Gasteiger partial charge < -0.3 is 0 Å². The fraction of sp³-hybridized carbons (Fsp3) is 0.321. The average molecular weight is 697 g/mol. The van der Waals surface area contributed by atoms with Crippen LogP contribution in [0.2, 0.25) is 0 Å². The Morgan fingerprint density at radius 3 is 0.604 bits per heavy atom. The summed E-state index contributed by atoms with van der Waals surface area (Å²) in [6, 6.07) is 51.1. The van der Waals surface area contributed by atoms with E-state index in [0.29, 0.717) is 0 Å². The monoisotopic (exact) mass is 696 g/mol. The topological polar surface area (TPSA) is 0 Å². The first kappa shape index (κ1) is 38.1. The summed E-state index contributed by atoms with van der Waals surface area (Å²) in [6.45, 7) is 27.4. The molecule has 0 aliphatic carbocycles. The molecule has 0 bridgehead atoms. The van der Waals surface area contributed by atoms with Gasteiger partial charge in [0.05, 0.1) is 0 Å². The molecule has 0 amide bonds. The second-order valence-corrected chi connectivity index (χ2v) is 19.3. The van der Waals surface area contributed by atoms with Crippen molar-refractivity contribution in [2.75, 3.05) is 0 Å². The van der Waals surface area contributed by atoms with Crippen LogP contribution in [-0.2, 0) is 28.1 Å². The SMILES string of the molecule is CC(C)(C)c1ccc(-c2cc(Cc3cc(-c4ccc(C(C)(C)C)cc4)cc(-c4ccc(C(C)(C)C)cc4)c3)cc(-c3ccc(C(C)(C)C)cc3)c2)cc1. The minimum Gasteiger partial charge on any atom is -0.0579 e. The van der Waals surface area contributed by atoms with Crippen LogP contribution in [0.5, 0.6) is 0 Å². The lowest BCUT2D eigenvalue weighted by atomic mass is 9.84. The largest absolute Gasteiger partial charge is 0.0579 e. The van der Waals surface area contributed by atoms with Crippen molar-refractivity contribution in [3.63, 3.8) is 0 Å². The molecule has 0 saturated heterocycles. The number of hydrogen-bond donors (Lipinski definition) is 0. The van der Waals surface area contributed by atoms with Crippen LogP contribution in [0.4, 0.5) is 0 Å². The van der Waals surface area contributed by atoms with Gasteiger partial charge in [-0.3, -0.25) is 0 Å². The molecule has 0 atom stereocenters.